The van der Waals surface area contributed by atoms with Crippen LogP contribution in [0.3, 0.4) is 0 Å². The minimum Gasteiger partial charge on any atom is -0.321 e. The Morgan fingerprint density at radius 3 is 2.68 bits per heavy atom. The highest BCUT2D eigenvalue weighted by Gasteiger charge is 2.08. The van der Waals surface area contributed by atoms with Crippen molar-refractivity contribution in [1.82, 2.24) is 0 Å². The summed E-state index contributed by atoms with van der Waals surface area (Å²) in [6.07, 6.45) is 0. The first-order chi connectivity index (χ1) is 9.10. The highest BCUT2D eigenvalue weighted by atomic mass is 79.9. The third-order valence-corrected chi connectivity index (χ3v) is 3.39. The molecule has 0 saturated carbocycles. The second kappa shape index (κ2) is 5.91. The zero-order valence-corrected chi connectivity index (χ0v) is 12.2. The molecule has 94 valence electrons. The molecular weight excluding hydrogens is 324 g/mol. The summed E-state index contributed by atoms with van der Waals surface area (Å²) >= 11 is 7.52. The molecule has 0 aliphatic heterocycles. The van der Waals surface area contributed by atoms with Crippen LogP contribution in [0.1, 0.15) is 15.9 Å². The summed E-state index contributed by atoms with van der Waals surface area (Å²) in [4.78, 5) is 12.8. The van der Waals surface area contributed by atoms with Gasteiger partial charge in [0.05, 0.1) is 17.3 Å². The van der Waals surface area contributed by atoms with Crippen LogP contribution in [0.2, 0.25) is 0 Å². The number of nitrogens with zero attached hydrogens (tertiary/aromatic N) is 1. The van der Waals surface area contributed by atoms with Gasteiger partial charge in [0.15, 0.2) is 0 Å². The second-order valence-corrected chi connectivity index (χ2v) is 5.18. The van der Waals surface area contributed by atoms with Gasteiger partial charge < -0.3 is 5.32 Å². The molecule has 0 atom stereocenters. The Morgan fingerprint density at radius 2 is 2.05 bits per heavy atom. The fourth-order valence-electron chi connectivity index (χ4n) is 1.53. The van der Waals surface area contributed by atoms with E-state index in [2.05, 4.69) is 33.9 Å². The molecule has 0 fully saturated rings. The highest BCUT2D eigenvalue weighted by Crippen LogP contribution is 2.24. The summed E-state index contributed by atoms with van der Waals surface area (Å²) in [5.41, 5.74) is 1.68. The largest absolute Gasteiger partial charge is 0.321 e. The lowest BCUT2D eigenvalue weighted by Gasteiger charge is -2.08. The van der Waals surface area contributed by atoms with Gasteiger partial charge in [-0.1, -0.05) is 6.07 Å². The van der Waals surface area contributed by atoms with Crippen LogP contribution in [-0.4, -0.2) is 5.91 Å². The standard InChI is InChI=1S/C14H9BrN2OS/c15-12-6-9(8-16)4-5-13(12)17-14(18)10-2-1-3-11(19)7-10/h1-7,19H,(H,17,18). The van der Waals surface area contributed by atoms with Crippen molar-refractivity contribution in [3.05, 3.63) is 58.1 Å². The lowest BCUT2D eigenvalue weighted by Crippen LogP contribution is -2.12. The molecule has 0 aliphatic rings. The average Bonchev–Trinajstić information content (AvgIpc) is 2.41. The first kappa shape index (κ1) is 13.7. The molecule has 0 heterocycles. The average molecular weight is 333 g/mol. The SMILES string of the molecule is N#Cc1ccc(NC(=O)c2cccc(S)c2)c(Br)c1. The molecule has 2 aromatic carbocycles. The van der Waals surface area contributed by atoms with E-state index in [0.29, 0.717) is 21.3 Å². The molecule has 0 radical (unpaired) electrons. The molecule has 0 aliphatic carbocycles. The van der Waals surface area contributed by atoms with E-state index >= 15 is 0 Å². The Kier molecular flexibility index (Phi) is 4.25. The Hall–Kier alpha value is -1.77. The Balaban J connectivity index is 2.22. The van der Waals surface area contributed by atoms with E-state index in [1.165, 1.54) is 0 Å². The van der Waals surface area contributed by atoms with Crippen LogP contribution in [0.25, 0.3) is 0 Å². The number of carbonyl (C=O) groups excluding carboxylic acids is 1. The van der Waals surface area contributed by atoms with Crippen molar-refractivity contribution in [3.63, 3.8) is 0 Å². The maximum Gasteiger partial charge on any atom is 0.255 e. The topological polar surface area (TPSA) is 52.9 Å². The predicted molar refractivity (Wildman–Crippen MR) is 80.5 cm³/mol. The number of nitriles is 1. The molecule has 2 aromatic rings. The number of benzene rings is 2. The molecule has 0 saturated heterocycles. The van der Waals surface area contributed by atoms with Crippen LogP contribution in [0.5, 0.6) is 0 Å². The van der Waals surface area contributed by atoms with E-state index < -0.39 is 0 Å². The van der Waals surface area contributed by atoms with E-state index in [1.807, 2.05) is 6.07 Å². The summed E-state index contributed by atoms with van der Waals surface area (Å²) in [5, 5.41) is 11.6. The molecule has 0 bridgehead atoms. The molecular formula is C14H9BrN2OS. The van der Waals surface area contributed by atoms with Gasteiger partial charge in [-0.3, -0.25) is 4.79 Å². The number of amides is 1. The molecule has 3 nitrogen and oxygen atoms in total. The predicted octanol–water partition coefficient (Wildman–Crippen LogP) is 3.86. The van der Waals surface area contributed by atoms with E-state index in [4.69, 9.17) is 5.26 Å². The maximum atomic E-state index is 12.0. The molecule has 0 spiro atoms. The van der Waals surface area contributed by atoms with E-state index in [-0.39, 0.29) is 5.91 Å². The van der Waals surface area contributed by atoms with Crippen molar-refractivity contribution in [1.29, 1.82) is 5.26 Å². The first-order valence-electron chi connectivity index (χ1n) is 5.40. The summed E-state index contributed by atoms with van der Waals surface area (Å²) in [5.74, 6) is -0.221. The van der Waals surface area contributed by atoms with Crippen molar-refractivity contribution in [3.8, 4) is 6.07 Å². The molecule has 0 aromatic heterocycles. The van der Waals surface area contributed by atoms with Gasteiger partial charge in [0.2, 0.25) is 0 Å². The van der Waals surface area contributed by atoms with Crippen molar-refractivity contribution >= 4 is 40.2 Å². The number of thiol groups is 1. The first-order valence-corrected chi connectivity index (χ1v) is 6.64. The Bertz CT molecular complexity index is 679. The number of nitrogens with one attached hydrogen (secondary N) is 1. The van der Waals surface area contributed by atoms with E-state index in [1.54, 1.807) is 42.5 Å². The van der Waals surface area contributed by atoms with E-state index in [0.717, 1.165) is 4.90 Å². The quantitative estimate of drug-likeness (QED) is 0.820. The van der Waals surface area contributed by atoms with Gasteiger partial charge in [-0.05, 0) is 52.3 Å². The summed E-state index contributed by atoms with van der Waals surface area (Å²) in [6, 6.07) is 14.0. The van der Waals surface area contributed by atoms with Gasteiger partial charge in [-0.2, -0.15) is 5.26 Å². The number of hydrogen-bond acceptors (Lipinski definition) is 3. The van der Waals surface area contributed by atoms with Crippen LogP contribution in [0.15, 0.2) is 51.8 Å². The van der Waals surface area contributed by atoms with Crippen molar-refractivity contribution in [2.45, 2.75) is 4.90 Å². The van der Waals surface area contributed by atoms with Crippen LogP contribution < -0.4 is 5.32 Å². The number of carbonyl (C=O) groups is 1. The number of rotatable bonds is 2. The fraction of sp³-hybridized carbons (Fsp3) is 0. The van der Waals surface area contributed by atoms with Crippen LogP contribution in [0, 0.1) is 11.3 Å². The highest BCUT2D eigenvalue weighted by molar-refractivity contribution is 9.10. The molecule has 0 unspecified atom stereocenters. The lowest BCUT2D eigenvalue weighted by molar-refractivity contribution is 0.102. The number of anilines is 1. The third kappa shape index (κ3) is 3.37. The summed E-state index contributed by atoms with van der Waals surface area (Å²) in [6.45, 7) is 0. The second-order valence-electron chi connectivity index (χ2n) is 3.81. The summed E-state index contributed by atoms with van der Waals surface area (Å²) < 4.78 is 0.668. The smallest absolute Gasteiger partial charge is 0.255 e. The van der Waals surface area contributed by atoms with Gasteiger partial charge in [0.1, 0.15) is 0 Å². The lowest BCUT2D eigenvalue weighted by atomic mass is 10.2. The van der Waals surface area contributed by atoms with E-state index in [9.17, 15) is 4.79 Å². The molecule has 1 amide bonds. The molecule has 2 rings (SSSR count). The molecule has 1 N–H and O–H groups in total. The van der Waals surface area contributed by atoms with Gasteiger partial charge in [0.25, 0.3) is 5.91 Å². The zero-order valence-electron chi connectivity index (χ0n) is 9.72. The van der Waals surface area contributed by atoms with Crippen LogP contribution in [0.4, 0.5) is 5.69 Å². The number of hydrogen-bond donors (Lipinski definition) is 2. The van der Waals surface area contributed by atoms with Gasteiger partial charge in [-0.25, -0.2) is 0 Å². The minimum absolute atomic E-state index is 0.221. The Labute approximate surface area is 124 Å². The summed E-state index contributed by atoms with van der Waals surface area (Å²) in [7, 11) is 0. The monoisotopic (exact) mass is 332 g/mol. The van der Waals surface area contributed by atoms with Crippen molar-refractivity contribution in [2.24, 2.45) is 0 Å². The molecule has 19 heavy (non-hydrogen) atoms. The van der Waals surface area contributed by atoms with Crippen LogP contribution >= 0.6 is 28.6 Å². The normalized spacial score (nSPS) is 9.74. The zero-order chi connectivity index (χ0) is 13.8. The third-order valence-electron chi connectivity index (χ3n) is 2.45. The van der Waals surface area contributed by atoms with Gasteiger partial charge in [-0.15, -0.1) is 12.6 Å². The van der Waals surface area contributed by atoms with Gasteiger partial charge >= 0.3 is 0 Å². The van der Waals surface area contributed by atoms with Gasteiger partial charge in [0, 0.05) is 14.9 Å². The Morgan fingerprint density at radius 1 is 1.26 bits per heavy atom. The molecule has 5 heteroatoms. The van der Waals surface area contributed by atoms with Crippen LogP contribution in [-0.2, 0) is 0 Å². The maximum absolute atomic E-state index is 12.0. The van der Waals surface area contributed by atoms with Crippen molar-refractivity contribution < 1.29 is 4.79 Å². The minimum atomic E-state index is -0.221. The number of halogens is 1. The van der Waals surface area contributed by atoms with Crippen molar-refractivity contribution in [2.75, 3.05) is 5.32 Å². The fourth-order valence-corrected chi connectivity index (χ4v) is 2.23.